The molecule has 0 saturated heterocycles. The zero-order valence-electron chi connectivity index (χ0n) is 7.19. The molecule has 0 amide bonds. The second-order valence-corrected chi connectivity index (χ2v) is 2.34. The van der Waals surface area contributed by atoms with E-state index in [9.17, 15) is 13.6 Å². The molecule has 0 rings (SSSR count). The Morgan fingerprint density at radius 3 is 2.42 bits per heavy atom. The highest BCUT2D eigenvalue weighted by atomic mass is 19.2. The van der Waals surface area contributed by atoms with E-state index < -0.39 is 17.6 Å². The molecule has 0 aliphatic heterocycles. The van der Waals surface area contributed by atoms with Crippen LogP contribution in [0.25, 0.3) is 0 Å². The van der Waals surface area contributed by atoms with Crippen molar-refractivity contribution < 1.29 is 18.3 Å². The lowest BCUT2D eigenvalue weighted by Gasteiger charge is -2.00. The highest BCUT2D eigenvalue weighted by Gasteiger charge is 2.13. The van der Waals surface area contributed by atoms with Crippen LogP contribution in [0.4, 0.5) is 8.78 Å². The number of hydrogen-bond donors (Lipinski definition) is 0. The van der Waals surface area contributed by atoms with E-state index in [0.29, 0.717) is 6.42 Å². The van der Waals surface area contributed by atoms with Crippen molar-refractivity contribution in [3.05, 3.63) is 11.7 Å². The van der Waals surface area contributed by atoms with Gasteiger partial charge in [-0.3, -0.25) is 0 Å². The van der Waals surface area contributed by atoms with Crippen LogP contribution in [0, 0.1) is 0 Å². The summed E-state index contributed by atoms with van der Waals surface area (Å²) in [6.45, 7) is 2.91. The molecular formula is C8H12F2O2. The van der Waals surface area contributed by atoms with Gasteiger partial charge < -0.3 is 4.74 Å². The zero-order chi connectivity index (χ0) is 9.56. The van der Waals surface area contributed by atoms with Crippen LogP contribution in [0.3, 0.4) is 0 Å². The van der Waals surface area contributed by atoms with Crippen molar-refractivity contribution in [2.24, 2.45) is 0 Å². The largest absolute Gasteiger partial charge is 0.460 e. The summed E-state index contributed by atoms with van der Waals surface area (Å²) < 4.78 is 28.8. The quantitative estimate of drug-likeness (QED) is 0.375. The molecule has 0 heterocycles. The van der Waals surface area contributed by atoms with Gasteiger partial charge in [0.25, 0.3) is 0 Å². The predicted molar refractivity (Wildman–Crippen MR) is 40.8 cm³/mol. The molecule has 0 aliphatic carbocycles. The lowest BCUT2D eigenvalue weighted by Crippen LogP contribution is -2.06. The first kappa shape index (κ1) is 11.1. The maximum absolute atomic E-state index is 12.4. The average molecular weight is 178 g/mol. The van der Waals surface area contributed by atoms with Crippen LogP contribution < -0.4 is 0 Å². The second-order valence-electron chi connectivity index (χ2n) is 2.34. The molecule has 0 aromatic carbocycles. The van der Waals surface area contributed by atoms with Gasteiger partial charge in [-0.05, 0) is 13.3 Å². The molecule has 0 aromatic rings. The first-order chi connectivity index (χ1) is 5.59. The molecule has 0 aliphatic rings. The molecule has 0 spiro atoms. The average Bonchev–Trinajstić information content (AvgIpc) is 2.03. The van der Waals surface area contributed by atoms with E-state index in [-0.39, 0.29) is 6.61 Å². The monoisotopic (exact) mass is 178 g/mol. The van der Waals surface area contributed by atoms with E-state index in [1.54, 1.807) is 0 Å². The van der Waals surface area contributed by atoms with Gasteiger partial charge in [0.15, 0.2) is 0 Å². The minimum atomic E-state index is -1.44. The first-order valence-corrected chi connectivity index (χ1v) is 3.78. The van der Waals surface area contributed by atoms with Crippen molar-refractivity contribution in [3.63, 3.8) is 0 Å². The number of hydrogen-bond acceptors (Lipinski definition) is 2. The number of allylic oxidation sites excluding steroid dienone is 1. The number of unbranched alkanes of at least 4 members (excludes halogenated alkanes) is 1. The van der Waals surface area contributed by atoms with E-state index in [1.165, 1.54) is 0 Å². The Morgan fingerprint density at radius 2 is 2.00 bits per heavy atom. The fourth-order valence-electron chi connectivity index (χ4n) is 0.513. The van der Waals surface area contributed by atoms with Crippen LogP contribution in [0.2, 0.25) is 0 Å². The van der Waals surface area contributed by atoms with Crippen molar-refractivity contribution in [1.29, 1.82) is 0 Å². The number of ether oxygens (including phenoxy) is 1. The van der Waals surface area contributed by atoms with Crippen LogP contribution in [0.1, 0.15) is 26.7 Å². The van der Waals surface area contributed by atoms with Crippen molar-refractivity contribution in [2.75, 3.05) is 6.61 Å². The standard InChI is InChI=1S/C8H12F2O2/c1-3-4-5-12-8(11)7(10)6(2)9/h3-5H2,1-2H3/b7-6+. The van der Waals surface area contributed by atoms with Crippen molar-refractivity contribution in [1.82, 2.24) is 0 Å². The molecule has 2 nitrogen and oxygen atoms in total. The Labute approximate surface area is 70.2 Å². The molecule has 0 N–H and O–H groups in total. The van der Waals surface area contributed by atoms with Gasteiger partial charge in [-0.15, -0.1) is 0 Å². The molecule has 0 fully saturated rings. The lowest BCUT2D eigenvalue weighted by molar-refractivity contribution is -0.141. The third kappa shape index (κ3) is 4.05. The molecule has 0 saturated carbocycles. The Balaban J connectivity index is 3.81. The lowest BCUT2D eigenvalue weighted by atomic mass is 10.4. The van der Waals surface area contributed by atoms with Gasteiger partial charge >= 0.3 is 5.97 Å². The van der Waals surface area contributed by atoms with E-state index in [1.807, 2.05) is 6.92 Å². The number of carbonyl (C=O) groups excluding carboxylic acids is 1. The van der Waals surface area contributed by atoms with Gasteiger partial charge in [0.1, 0.15) is 5.83 Å². The minimum absolute atomic E-state index is 0.135. The third-order valence-corrected chi connectivity index (χ3v) is 1.21. The van der Waals surface area contributed by atoms with Gasteiger partial charge in [0.2, 0.25) is 5.83 Å². The third-order valence-electron chi connectivity index (χ3n) is 1.21. The fraction of sp³-hybridized carbons (Fsp3) is 0.625. The smallest absolute Gasteiger partial charge is 0.369 e. The van der Waals surface area contributed by atoms with E-state index in [2.05, 4.69) is 4.74 Å². The molecular weight excluding hydrogens is 166 g/mol. The number of rotatable bonds is 4. The van der Waals surface area contributed by atoms with Crippen LogP contribution >= 0.6 is 0 Å². The summed E-state index contributed by atoms with van der Waals surface area (Å²) in [4.78, 5) is 10.6. The van der Waals surface area contributed by atoms with Gasteiger partial charge in [-0.1, -0.05) is 13.3 Å². The maximum Gasteiger partial charge on any atom is 0.369 e. The summed E-state index contributed by atoms with van der Waals surface area (Å²) in [5, 5.41) is 0. The molecule has 0 aromatic heterocycles. The predicted octanol–water partition coefficient (Wildman–Crippen LogP) is 2.50. The van der Waals surface area contributed by atoms with E-state index >= 15 is 0 Å². The summed E-state index contributed by atoms with van der Waals surface area (Å²) in [5.41, 5.74) is 0. The molecule has 0 unspecified atom stereocenters. The van der Waals surface area contributed by atoms with Crippen LogP contribution in [-0.4, -0.2) is 12.6 Å². The zero-order valence-corrected chi connectivity index (χ0v) is 7.19. The molecule has 4 heteroatoms. The molecule has 0 atom stereocenters. The Kier molecular flexibility index (Phi) is 5.25. The number of carbonyl (C=O) groups is 1. The SMILES string of the molecule is CCCCOC(=O)/C(F)=C(/C)F. The number of halogens is 2. The first-order valence-electron chi connectivity index (χ1n) is 3.78. The van der Waals surface area contributed by atoms with E-state index in [4.69, 9.17) is 0 Å². The Hall–Kier alpha value is -0.930. The van der Waals surface area contributed by atoms with E-state index in [0.717, 1.165) is 13.3 Å². The molecule has 12 heavy (non-hydrogen) atoms. The topological polar surface area (TPSA) is 26.3 Å². The normalized spacial score (nSPS) is 12.3. The summed E-state index contributed by atoms with van der Waals surface area (Å²) >= 11 is 0. The van der Waals surface area contributed by atoms with Crippen LogP contribution in [0.5, 0.6) is 0 Å². The van der Waals surface area contributed by atoms with Gasteiger partial charge in [0.05, 0.1) is 6.61 Å². The van der Waals surface area contributed by atoms with Crippen LogP contribution in [0.15, 0.2) is 11.7 Å². The molecule has 0 radical (unpaired) electrons. The van der Waals surface area contributed by atoms with Gasteiger partial charge in [-0.25, -0.2) is 9.18 Å². The van der Waals surface area contributed by atoms with Crippen molar-refractivity contribution in [2.45, 2.75) is 26.7 Å². The van der Waals surface area contributed by atoms with Gasteiger partial charge in [0, 0.05) is 0 Å². The van der Waals surface area contributed by atoms with Crippen molar-refractivity contribution in [3.8, 4) is 0 Å². The van der Waals surface area contributed by atoms with Crippen molar-refractivity contribution >= 4 is 5.97 Å². The highest BCUT2D eigenvalue weighted by molar-refractivity contribution is 5.86. The Morgan fingerprint density at radius 1 is 1.42 bits per heavy atom. The molecule has 0 bridgehead atoms. The van der Waals surface area contributed by atoms with Crippen LogP contribution in [-0.2, 0) is 9.53 Å². The minimum Gasteiger partial charge on any atom is -0.460 e. The summed E-state index contributed by atoms with van der Waals surface area (Å²) in [5.74, 6) is -3.80. The molecule has 70 valence electrons. The number of esters is 1. The fourth-order valence-corrected chi connectivity index (χ4v) is 0.513. The Bertz CT molecular complexity index is 183. The van der Waals surface area contributed by atoms with Gasteiger partial charge in [-0.2, -0.15) is 4.39 Å². The summed E-state index contributed by atoms with van der Waals surface area (Å²) in [6, 6.07) is 0. The highest BCUT2D eigenvalue weighted by Crippen LogP contribution is 2.08. The maximum atomic E-state index is 12.4. The summed E-state index contributed by atoms with van der Waals surface area (Å²) in [7, 11) is 0. The summed E-state index contributed by atoms with van der Waals surface area (Å²) in [6.07, 6.45) is 1.50. The second kappa shape index (κ2) is 5.69.